The number of nitrogens with zero attached hydrogens (tertiary/aromatic N) is 3. The summed E-state index contributed by atoms with van der Waals surface area (Å²) < 4.78 is 5.54. The molecule has 1 unspecified atom stereocenters. The van der Waals surface area contributed by atoms with E-state index in [-0.39, 0.29) is 17.7 Å². The molecular formula is C23H34N4O3. The molecule has 0 bridgehead atoms. The molecule has 30 heavy (non-hydrogen) atoms. The fraction of sp³-hybridized carbons (Fsp3) is 0.652. The van der Waals surface area contributed by atoms with Crippen LogP contribution in [0.1, 0.15) is 31.2 Å². The summed E-state index contributed by atoms with van der Waals surface area (Å²) in [6, 6.07) is 6.87. The molecule has 1 atom stereocenters. The third-order valence-corrected chi connectivity index (χ3v) is 6.47. The van der Waals surface area contributed by atoms with E-state index in [4.69, 9.17) is 4.74 Å². The number of hydrogen-bond donors (Lipinski definition) is 1. The van der Waals surface area contributed by atoms with E-state index in [1.165, 1.54) is 23.3 Å². The Morgan fingerprint density at radius 1 is 1.10 bits per heavy atom. The number of amides is 2. The largest absolute Gasteiger partial charge is 0.495 e. The van der Waals surface area contributed by atoms with Gasteiger partial charge < -0.3 is 15.0 Å². The molecule has 7 heteroatoms. The van der Waals surface area contributed by atoms with E-state index in [1.54, 1.807) is 7.11 Å². The lowest BCUT2D eigenvalue weighted by atomic mass is 10.1. The predicted molar refractivity (Wildman–Crippen MR) is 117 cm³/mol. The summed E-state index contributed by atoms with van der Waals surface area (Å²) in [6.07, 6.45) is 3.61. The van der Waals surface area contributed by atoms with Crippen LogP contribution in [0, 0.1) is 12.8 Å². The van der Waals surface area contributed by atoms with E-state index >= 15 is 0 Å². The van der Waals surface area contributed by atoms with Crippen molar-refractivity contribution < 1.29 is 14.3 Å². The van der Waals surface area contributed by atoms with Crippen molar-refractivity contribution in [3.8, 4) is 5.75 Å². The van der Waals surface area contributed by atoms with Crippen LogP contribution in [-0.4, -0.2) is 80.6 Å². The van der Waals surface area contributed by atoms with Gasteiger partial charge in [-0.25, -0.2) is 0 Å². The number of ether oxygens (including phenoxy) is 1. The maximum atomic E-state index is 12.6. The van der Waals surface area contributed by atoms with Crippen LogP contribution in [0.4, 0.5) is 5.69 Å². The average Bonchev–Trinajstić information content (AvgIpc) is 3.54. The summed E-state index contributed by atoms with van der Waals surface area (Å²) >= 11 is 0. The van der Waals surface area contributed by atoms with Crippen LogP contribution >= 0.6 is 0 Å². The molecule has 1 N–H and O–H groups in total. The van der Waals surface area contributed by atoms with Crippen molar-refractivity contribution in [3.63, 3.8) is 0 Å². The lowest BCUT2D eigenvalue weighted by Crippen LogP contribution is -2.47. The van der Waals surface area contributed by atoms with Crippen molar-refractivity contribution in [2.75, 3.05) is 57.8 Å². The first-order chi connectivity index (χ1) is 14.5. The molecular weight excluding hydrogens is 380 g/mol. The molecule has 0 aromatic heterocycles. The van der Waals surface area contributed by atoms with E-state index in [2.05, 4.69) is 34.2 Å². The molecule has 1 aliphatic carbocycles. The molecule has 164 valence electrons. The van der Waals surface area contributed by atoms with Gasteiger partial charge >= 0.3 is 0 Å². The number of methoxy groups -OCH3 is 1. The van der Waals surface area contributed by atoms with Gasteiger partial charge in [-0.3, -0.25) is 19.4 Å². The van der Waals surface area contributed by atoms with Gasteiger partial charge in [0.15, 0.2) is 0 Å². The number of hydrogen-bond acceptors (Lipinski definition) is 6. The van der Waals surface area contributed by atoms with Crippen LogP contribution in [-0.2, 0) is 9.59 Å². The minimum absolute atomic E-state index is 0.000964. The first kappa shape index (κ1) is 21.1. The second-order valence-electron chi connectivity index (χ2n) is 8.82. The quantitative estimate of drug-likeness (QED) is 0.620. The van der Waals surface area contributed by atoms with Gasteiger partial charge in [-0.05, 0) is 50.4 Å². The number of benzene rings is 1. The summed E-state index contributed by atoms with van der Waals surface area (Å²) in [4.78, 5) is 31.1. The maximum absolute atomic E-state index is 12.6. The van der Waals surface area contributed by atoms with Crippen LogP contribution in [0.15, 0.2) is 18.2 Å². The van der Waals surface area contributed by atoms with Crippen molar-refractivity contribution in [2.24, 2.45) is 5.92 Å². The smallest absolute Gasteiger partial charge is 0.234 e. The number of nitrogens with one attached hydrogen (secondary N) is 1. The van der Waals surface area contributed by atoms with Crippen molar-refractivity contribution in [2.45, 2.75) is 38.6 Å². The SMILES string of the molecule is COc1ccc(C)cc1N1CCN(CCCN2C(=O)CC(CNC3CC3)C2=O)CC1. The zero-order valence-corrected chi connectivity index (χ0v) is 18.2. The second kappa shape index (κ2) is 9.35. The fourth-order valence-electron chi connectivity index (χ4n) is 4.45. The highest BCUT2D eigenvalue weighted by Crippen LogP contribution is 2.30. The third-order valence-electron chi connectivity index (χ3n) is 6.47. The summed E-state index contributed by atoms with van der Waals surface area (Å²) in [6.45, 7) is 8.08. The number of rotatable bonds is 9. The highest BCUT2D eigenvalue weighted by Gasteiger charge is 2.38. The number of anilines is 1. The minimum Gasteiger partial charge on any atom is -0.495 e. The van der Waals surface area contributed by atoms with Crippen molar-refractivity contribution in [1.29, 1.82) is 0 Å². The molecule has 2 heterocycles. The van der Waals surface area contributed by atoms with Crippen LogP contribution < -0.4 is 15.0 Å². The number of likely N-dealkylation sites (tertiary alicyclic amines) is 1. The zero-order valence-electron chi connectivity index (χ0n) is 18.2. The first-order valence-corrected chi connectivity index (χ1v) is 11.2. The number of carbonyl (C=O) groups excluding carboxylic acids is 2. The summed E-state index contributed by atoms with van der Waals surface area (Å²) in [5, 5.41) is 3.39. The Bertz CT molecular complexity index is 772. The molecule has 4 rings (SSSR count). The molecule has 0 spiro atoms. The molecule has 0 radical (unpaired) electrons. The van der Waals surface area contributed by atoms with Crippen LogP contribution in [0.3, 0.4) is 0 Å². The molecule has 1 saturated carbocycles. The average molecular weight is 415 g/mol. The molecule has 7 nitrogen and oxygen atoms in total. The van der Waals surface area contributed by atoms with Gasteiger partial charge in [-0.15, -0.1) is 0 Å². The Balaban J connectivity index is 1.20. The lowest BCUT2D eigenvalue weighted by molar-refractivity contribution is -0.139. The van der Waals surface area contributed by atoms with Gasteiger partial charge in [-0.1, -0.05) is 6.07 Å². The van der Waals surface area contributed by atoms with Crippen LogP contribution in [0.5, 0.6) is 5.75 Å². The van der Waals surface area contributed by atoms with Gasteiger partial charge in [0.2, 0.25) is 11.8 Å². The van der Waals surface area contributed by atoms with E-state index in [0.29, 0.717) is 25.6 Å². The number of piperazine rings is 1. The fourth-order valence-corrected chi connectivity index (χ4v) is 4.45. The van der Waals surface area contributed by atoms with Gasteiger partial charge in [0, 0.05) is 51.7 Å². The minimum atomic E-state index is -0.161. The normalized spacial score (nSPS) is 22.8. The number of imide groups is 1. The number of aryl methyl sites for hydroxylation is 1. The molecule has 3 aliphatic rings. The lowest BCUT2D eigenvalue weighted by Gasteiger charge is -2.37. The first-order valence-electron chi connectivity index (χ1n) is 11.2. The summed E-state index contributed by atoms with van der Waals surface area (Å²) in [5.74, 6) is 0.778. The Morgan fingerprint density at radius 3 is 2.57 bits per heavy atom. The van der Waals surface area contributed by atoms with Crippen LogP contribution in [0.25, 0.3) is 0 Å². The monoisotopic (exact) mass is 414 g/mol. The van der Waals surface area contributed by atoms with Crippen molar-refractivity contribution >= 4 is 17.5 Å². The highest BCUT2D eigenvalue weighted by molar-refractivity contribution is 6.03. The predicted octanol–water partition coefficient (Wildman–Crippen LogP) is 1.64. The Morgan fingerprint density at radius 2 is 1.87 bits per heavy atom. The van der Waals surface area contributed by atoms with Gasteiger partial charge in [0.25, 0.3) is 0 Å². The Hall–Kier alpha value is -2.12. The third kappa shape index (κ3) is 4.95. The standard InChI is InChI=1S/C23H34N4O3/c1-17-4-7-21(30-2)20(14-17)26-12-10-25(11-13-26)8-3-9-27-22(28)15-18(23(27)29)16-24-19-5-6-19/h4,7,14,18-19,24H,3,5-6,8-13,15-16H2,1-2H3. The van der Waals surface area contributed by atoms with E-state index in [0.717, 1.165) is 50.6 Å². The Labute approximate surface area is 179 Å². The Kier molecular flexibility index (Phi) is 6.58. The molecule has 2 aliphatic heterocycles. The highest BCUT2D eigenvalue weighted by atomic mass is 16.5. The van der Waals surface area contributed by atoms with E-state index in [9.17, 15) is 9.59 Å². The molecule has 2 amide bonds. The molecule has 2 saturated heterocycles. The second-order valence-corrected chi connectivity index (χ2v) is 8.82. The van der Waals surface area contributed by atoms with Crippen molar-refractivity contribution in [1.82, 2.24) is 15.1 Å². The molecule has 1 aromatic rings. The maximum Gasteiger partial charge on any atom is 0.234 e. The summed E-state index contributed by atoms with van der Waals surface area (Å²) in [7, 11) is 1.72. The van der Waals surface area contributed by atoms with Gasteiger partial charge in [0.05, 0.1) is 18.7 Å². The topological polar surface area (TPSA) is 65.1 Å². The van der Waals surface area contributed by atoms with E-state index < -0.39 is 0 Å². The molecule has 1 aromatic carbocycles. The van der Waals surface area contributed by atoms with Gasteiger partial charge in [-0.2, -0.15) is 0 Å². The zero-order chi connectivity index (χ0) is 21.1. The van der Waals surface area contributed by atoms with E-state index in [1.807, 2.05) is 6.07 Å². The summed E-state index contributed by atoms with van der Waals surface area (Å²) in [5.41, 5.74) is 2.40. The van der Waals surface area contributed by atoms with Crippen molar-refractivity contribution in [3.05, 3.63) is 23.8 Å². The van der Waals surface area contributed by atoms with Crippen LogP contribution in [0.2, 0.25) is 0 Å². The molecule has 3 fully saturated rings. The van der Waals surface area contributed by atoms with Gasteiger partial charge in [0.1, 0.15) is 5.75 Å². The number of carbonyl (C=O) groups is 2.